The average molecular weight is 225 g/mol. The van der Waals surface area contributed by atoms with E-state index in [2.05, 4.69) is 20.5 Å². The molecule has 2 heterocycles. The number of hydrogen-bond donors (Lipinski definition) is 3. The second kappa shape index (κ2) is 4.09. The molecule has 16 heavy (non-hydrogen) atoms. The lowest BCUT2D eigenvalue weighted by Crippen LogP contribution is -2.40. The minimum absolute atomic E-state index is 0.0634. The predicted octanol–water partition coefficient (Wildman–Crippen LogP) is -0.314. The van der Waals surface area contributed by atoms with Crippen LogP contribution in [0.3, 0.4) is 0 Å². The molecular formula is C9H15N5O2. The zero-order chi connectivity index (χ0) is 11.6. The number of nitrogens with one attached hydrogen (secondary N) is 2. The summed E-state index contributed by atoms with van der Waals surface area (Å²) >= 11 is 0. The first kappa shape index (κ1) is 10.9. The SMILES string of the molecule is CC1(CNC(=O)c2nc(N)n[nH]2)CCCO1. The highest BCUT2D eigenvalue weighted by molar-refractivity contribution is 5.90. The third kappa shape index (κ3) is 2.30. The predicted molar refractivity (Wildman–Crippen MR) is 56.7 cm³/mol. The van der Waals surface area contributed by atoms with Gasteiger partial charge in [0.15, 0.2) is 0 Å². The fourth-order valence-corrected chi connectivity index (χ4v) is 1.70. The second-order valence-corrected chi connectivity index (χ2v) is 4.13. The van der Waals surface area contributed by atoms with E-state index in [1.165, 1.54) is 0 Å². The Hall–Kier alpha value is -1.63. The van der Waals surface area contributed by atoms with Crippen LogP contribution in [0, 0.1) is 0 Å². The highest BCUT2D eigenvalue weighted by Crippen LogP contribution is 2.23. The summed E-state index contributed by atoms with van der Waals surface area (Å²) < 4.78 is 5.55. The Morgan fingerprint density at radius 2 is 2.56 bits per heavy atom. The number of nitrogens with two attached hydrogens (primary N) is 1. The van der Waals surface area contributed by atoms with E-state index in [-0.39, 0.29) is 23.3 Å². The number of aromatic amines is 1. The van der Waals surface area contributed by atoms with Gasteiger partial charge in [0, 0.05) is 13.2 Å². The number of nitrogen functional groups attached to an aromatic ring is 1. The lowest BCUT2D eigenvalue weighted by atomic mass is 10.0. The van der Waals surface area contributed by atoms with E-state index in [0.29, 0.717) is 6.54 Å². The molecule has 1 amide bonds. The van der Waals surface area contributed by atoms with Crippen molar-refractivity contribution in [1.29, 1.82) is 0 Å². The molecule has 1 aromatic heterocycles. The maximum Gasteiger partial charge on any atom is 0.288 e. The van der Waals surface area contributed by atoms with Crippen LogP contribution in [0.2, 0.25) is 0 Å². The maximum atomic E-state index is 11.6. The number of H-pyrrole nitrogens is 1. The number of carbonyl (C=O) groups is 1. The molecule has 1 aromatic rings. The topological polar surface area (TPSA) is 106 Å². The summed E-state index contributed by atoms with van der Waals surface area (Å²) in [5.41, 5.74) is 5.04. The Kier molecular flexibility index (Phi) is 2.78. The van der Waals surface area contributed by atoms with Crippen molar-refractivity contribution in [3.63, 3.8) is 0 Å². The van der Waals surface area contributed by atoms with Crippen LogP contribution in [-0.2, 0) is 4.74 Å². The first-order valence-electron chi connectivity index (χ1n) is 5.19. The van der Waals surface area contributed by atoms with Gasteiger partial charge in [0.25, 0.3) is 5.91 Å². The van der Waals surface area contributed by atoms with Crippen molar-refractivity contribution >= 4 is 11.9 Å². The van der Waals surface area contributed by atoms with E-state index in [1.54, 1.807) is 0 Å². The van der Waals surface area contributed by atoms with Crippen LogP contribution in [0.25, 0.3) is 0 Å². The van der Waals surface area contributed by atoms with Gasteiger partial charge in [0.1, 0.15) is 0 Å². The summed E-state index contributed by atoms with van der Waals surface area (Å²) in [6.45, 7) is 3.20. The van der Waals surface area contributed by atoms with Crippen molar-refractivity contribution in [1.82, 2.24) is 20.5 Å². The van der Waals surface area contributed by atoms with Crippen molar-refractivity contribution in [3.05, 3.63) is 5.82 Å². The molecule has 1 fully saturated rings. The van der Waals surface area contributed by atoms with E-state index >= 15 is 0 Å². The number of ether oxygens (including phenoxy) is 1. The van der Waals surface area contributed by atoms with Gasteiger partial charge in [0.2, 0.25) is 11.8 Å². The Labute approximate surface area is 92.8 Å². The molecule has 0 aliphatic carbocycles. The third-order valence-corrected chi connectivity index (χ3v) is 2.64. The number of nitrogens with zero attached hydrogens (tertiary/aromatic N) is 2. The largest absolute Gasteiger partial charge is 0.373 e. The van der Waals surface area contributed by atoms with Crippen molar-refractivity contribution < 1.29 is 9.53 Å². The first-order valence-corrected chi connectivity index (χ1v) is 5.19. The Balaban J connectivity index is 1.88. The van der Waals surface area contributed by atoms with E-state index in [9.17, 15) is 4.79 Å². The maximum absolute atomic E-state index is 11.6. The van der Waals surface area contributed by atoms with Crippen molar-refractivity contribution in [2.45, 2.75) is 25.4 Å². The summed E-state index contributed by atoms with van der Waals surface area (Å²) in [6.07, 6.45) is 1.98. The molecule has 1 atom stereocenters. The molecule has 1 unspecified atom stereocenters. The van der Waals surface area contributed by atoms with Crippen LogP contribution >= 0.6 is 0 Å². The zero-order valence-electron chi connectivity index (χ0n) is 9.12. The van der Waals surface area contributed by atoms with Gasteiger partial charge in [-0.25, -0.2) is 0 Å². The van der Waals surface area contributed by atoms with Crippen LogP contribution in [0.4, 0.5) is 5.95 Å². The molecule has 88 valence electrons. The van der Waals surface area contributed by atoms with Crippen LogP contribution in [0.15, 0.2) is 0 Å². The van der Waals surface area contributed by atoms with Gasteiger partial charge in [-0.1, -0.05) is 0 Å². The molecule has 0 radical (unpaired) electrons. The van der Waals surface area contributed by atoms with Crippen LogP contribution in [0.5, 0.6) is 0 Å². The van der Waals surface area contributed by atoms with Gasteiger partial charge in [0.05, 0.1) is 5.60 Å². The minimum Gasteiger partial charge on any atom is -0.373 e. The quantitative estimate of drug-likeness (QED) is 0.654. The molecule has 7 heteroatoms. The molecule has 0 aromatic carbocycles. The molecule has 0 saturated carbocycles. The number of rotatable bonds is 3. The van der Waals surface area contributed by atoms with E-state index < -0.39 is 0 Å². The van der Waals surface area contributed by atoms with Gasteiger partial charge in [-0.15, -0.1) is 5.10 Å². The summed E-state index contributed by atoms with van der Waals surface area (Å²) in [5.74, 6) is -0.131. The molecule has 0 spiro atoms. The summed E-state index contributed by atoms with van der Waals surface area (Å²) in [7, 11) is 0. The molecule has 1 aliphatic rings. The lowest BCUT2D eigenvalue weighted by molar-refractivity contribution is 0.0205. The minimum atomic E-state index is -0.319. The fourth-order valence-electron chi connectivity index (χ4n) is 1.70. The zero-order valence-corrected chi connectivity index (χ0v) is 9.12. The van der Waals surface area contributed by atoms with E-state index in [1.807, 2.05) is 6.92 Å². The van der Waals surface area contributed by atoms with Crippen molar-refractivity contribution in [3.8, 4) is 0 Å². The fraction of sp³-hybridized carbons (Fsp3) is 0.667. The summed E-state index contributed by atoms with van der Waals surface area (Å²) in [4.78, 5) is 15.3. The second-order valence-electron chi connectivity index (χ2n) is 4.13. The Bertz CT molecular complexity index is 383. The van der Waals surface area contributed by atoms with E-state index in [0.717, 1.165) is 19.4 Å². The highest BCUT2D eigenvalue weighted by atomic mass is 16.5. The Morgan fingerprint density at radius 1 is 1.75 bits per heavy atom. The molecule has 1 aliphatic heterocycles. The average Bonchev–Trinajstić information content (AvgIpc) is 2.85. The number of aromatic nitrogens is 3. The van der Waals surface area contributed by atoms with Gasteiger partial charge in [-0.2, -0.15) is 4.98 Å². The number of carbonyl (C=O) groups excluding carboxylic acids is 1. The van der Waals surface area contributed by atoms with Gasteiger partial charge in [-0.05, 0) is 19.8 Å². The summed E-state index contributed by atoms with van der Waals surface area (Å²) in [5, 5.41) is 8.78. The van der Waals surface area contributed by atoms with Gasteiger partial charge in [-0.3, -0.25) is 9.89 Å². The number of amides is 1. The standard InChI is InChI=1S/C9H15N5O2/c1-9(3-2-4-16-9)5-11-7(15)6-12-8(10)14-13-6/h2-5H2,1H3,(H,11,15)(H3,10,12,13,14). The molecule has 1 saturated heterocycles. The van der Waals surface area contributed by atoms with Crippen LogP contribution in [-0.4, -0.2) is 39.8 Å². The molecule has 7 nitrogen and oxygen atoms in total. The smallest absolute Gasteiger partial charge is 0.288 e. The van der Waals surface area contributed by atoms with Crippen LogP contribution in [0.1, 0.15) is 30.4 Å². The summed E-state index contributed by atoms with van der Waals surface area (Å²) in [6, 6.07) is 0. The highest BCUT2D eigenvalue weighted by Gasteiger charge is 2.30. The number of anilines is 1. The molecule has 4 N–H and O–H groups in total. The monoisotopic (exact) mass is 225 g/mol. The number of hydrogen-bond acceptors (Lipinski definition) is 5. The lowest BCUT2D eigenvalue weighted by Gasteiger charge is -2.22. The first-order chi connectivity index (χ1) is 7.59. The normalized spacial score (nSPS) is 24.6. The molecule has 0 bridgehead atoms. The Morgan fingerprint density at radius 3 is 3.12 bits per heavy atom. The van der Waals surface area contributed by atoms with Crippen LogP contribution < -0.4 is 11.1 Å². The van der Waals surface area contributed by atoms with Crippen molar-refractivity contribution in [2.24, 2.45) is 0 Å². The molecule has 2 rings (SSSR count). The molecular weight excluding hydrogens is 210 g/mol. The van der Waals surface area contributed by atoms with Gasteiger partial charge >= 0.3 is 0 Å². The third-order valence-electron chi connectivity index (χ3n) is 2.64. The van der Waals surface area contributed by atoms with Crippen molar-refractivity contribution in [2.75, 3.05) is 18.9 Å². The van der Waals surface area contributed by atoms with Gasteiger partial charge < -0.3 is 15.8 Å². The van der Waals surface area contributed by atoms with E-state index in [4.69, 9.17) is 10.5 Å².